The molecule has 0 bridgehead atoms. The van der Waals surface area contributed by atoms with Gasteiger partial charge in [0.15, 0.2) is 0 Å². The van der Waals surface area contributed by atoms with Crippen molar-refractivity contribution in [3.8, 4) is 0 Å². The molecule has 0 radical (unpaired) electrons. The van der Waals surface area contributed by atoms with Crippen molar-refractivity contribution < 1.29 is 9.18 Å². The van der Waals surface area contributed by atoms with Gasteiger partial charge in [0.25, 0.3) is 0 Å². The van der Waals surface area contributed by atoms with Crippen LogP contribution in [0.1, 0.15) is 11.6 Å². The minimum Gasteiger partial charge on any atom is -0.323 e. The van der Waals surface area contributed by atoms with Crippen LogP contribution in [0.15, 0.2) is 48.5 Å². The highest BCUT2D eigenvalue weighted by molar-refractivity contribution is 6.33. The van der Waals surface area contributed by atoms with Crippen LogP contribution in [-0.4, -0.2) is 5.91 Å². The van der Waals surface area contributed by atoms with Crippen molar-refractivity contribution >= 4 is 23.2 Å². The maximum atomic E-state index is 13.1. The van der Waals surface area contributed by atoms with Crippen LogP contribution in [0.5, 0.6) is 0 Å². The number of benzene rings is 2. The van der Waals surface area contributed by atoms with Crippen LogP contribution in [0.2, 0.25) is 5.02 Å². The molecular weight excluding hydrogens is 267 g/mol. The number of carbonyl (C=O) groups excluding carboxylic acids is 1. The van der Waals surface area contributed by atoms with Crippen LogP contribution in [0.3, 0.4) is 0 Å². The van der Waals surface area contributed by atoms with Gasteiger partial charge >= 0.3 is 0 Å². The van der Waals surface area contributed by atoms with Gasteiger partial charge in [-0.1, -0.05) is 41.9 Å². The van der Waals surface area contributed by atoms with Gasteiger partial charge in [0.2, 0.25) is 5.91 Å². The Morgan fingerprint density at radius 2 is 1.89 bits per heavy atom. The minimum atomic E-state index is -0.833. The van der Waals surface area contributed by atoms with Gasteiger partial charge in [-0.3, -0.25) is 4.79 Å². The van der Waals surface area contributed by atoms with Crippen molar-refractivity contribution in [2.75, 3.05) is 5.32 Å². The SMILES string of the molecule is N[C@H](C(=O)Nc1cc(F)ccc1Cl)c1ccccc1. The Hall–Kier alpha value is -1.91. The maximum Gasteiger partial charge on any atom is 0.245 e. The molecule has 0 spiro atoms. The van der Waals surface area contributed by atoms with Crippen molar-refractivity contribution in [1.82, 2.24) is 0 Å². The molecule has 1 amide bonds. The second-order valence-corrected chi connectivity index (χ2v) is 4.41. The average Bonchev–Trinajstić information content (AvgIpc) is 2.43. The molecule has 0 saturated carbocycles. The Balaban J connectivity index is 2.15. The summed E-state index contributed by atoms with van der Waals surface area (Å²) in [4.78, 5) is 12.0. The molecule has 5 heteroatoms. The fraction of sp³-hybridized carbons (Fsp3) is 0.0714. The number of rotatable bonds is 3. The van der Waals surface area contributed by atoms with Gasteiger partial charge in [0.1, 0.15) is 11.9 Å². The minimum absolute atomic E-state index is 0.207. The number of anilines is 1. The molecule has 0 aromatic heterocycles. The van der Waals surface area contributed by atoms with Crippen LogP contribution in [0.25, 0.3) is 0 Å². The van der Waals surface area contributed by atoms with Gasteiger partial charge in [-0.25, -0.2) is 4.39 Å². The highest BCUT2D eigenvalue weighted by atomic mass is 35.5. The fourth-order valence-electron chi connectivity index (χ4n) is 1.62. The molecule has 2 rings (SSSR count). The zero-order valence-electron chi connectivity index (χ0n) is 9.94. The smallest absolute Gasteiger partial charge is 0.245 e. The monoisotopic (exact) mass is 278 g/mol. The number of nitrogens with one attached hydrogen (secondary N) is 1. The van der Waals surface area contributed by atoms with E-state index in [-0.39, 0.29) is 10.7 Å². The van der Waals surface area contributed by atoms with Crippen molar-refractivity contribution in [2.24, 2.45) is 5.73 Å². The largest absolute Gasteiger partial charge is 0.323 e. The third kappa shape index (κ3) is 3.30. The third-order valence-corrected chi connectivity index (χ3v) is 2.96. The molecular formula is C14H12ClFN2O. The first-order chi connectivity index (χ1) is 9.08. The number of hydrogen-bond donors (Lipinski definition) is 2. The molecule has 0 saturated heterocycles. The first-order valence-electron chi connectivity index (χ1n) is 5.64. The summed E-state index contributed by atoms with van der Waals surface area (Å²) in [6.07, 6.45) is 0. The summed E-state index contributed by atoms with van der Waals surface area (Å²) >= 11 is 5.87. The first kappa shape index (κ1) is 13.5. The van der Waals surface area contributed by atoms with Crippen LogP contribution >= 0.6 is 11.6 Å². The highest BCUT2D eigenvalue weighted by Gasteiger charge is 2.16. The van der Waals surface area contributed by atoms with E-state index >= 15 is 0 Å². The number of hydrogen-bond acceptors (Lipinski definition) is 2. The molecule has 0 unspecified atom stereocenters. The Morgan fingerprint density at radius 1 is 1.21 bits per heavy atom. The lowest BCUT2D eigenvalue weighted by Crippen LogP contribution is -2.27. The predicted molar refractivity (Wildman–Crippen MR) is 73.4 cm³/mol. The van der Waals surface area contributed by atoms with E-state index in [0.717, 1.165) is 6.07 Å². The normalized spacial score (nSPS) is 11.9. The molecule has 0 aliphatic carbocycles. The van der Waals surface area contributed by atoms with E-state index in [9.17, 15) is 9.18 Å². The van der Waals surface area contributed by atoms with Crippen molar-refractivity contribution in [3.05, 3.63) is 64.9 Å². The molecule has 2 aromatic carbocycles. The number of halogens is 2. The number of nitrogens with two attached hydrogens (primary N) is 1. The summed E-state index contributed by atoms with van der Waals surface area (Å²) in [5.74, 6) is -0.924. The second-order valence-electron chi connectivity index (χ2n) is 4.00. The Kier molecular flexibility index (Phi) is 4.14. The summed E-state index contributed by atoms with van der Waals surface area (Å²) < 4.78 is 13.1. The van der Waals surface area contributed by atoms with E-state index in [2.05, 4.69) is 5.32 Å². The molecule has 2 aromatic rings. The highest BCUT2D eigenvalue weighted by Crippen LogP contribution is 2.23. The second kappa shape index (κ2) is 5.82. The van der Waals surface area contributed by atoms with Crippen molar-refractivity contribution in [3.63, 3.8) is 0 Å². The molecule has 1 atom stereocenters. The van der Waals surface area contributed by atoms with Gasteiger partial charge in [0, 0.05) is 0 Å². The summed E-state index contributed by atoms with van der Waals surface area (Å²) in [6, 6.07) is 11.8. The Labute approximate surface area is 115 Å². The first-order valence-corrected chi connectivity index (χ1v) is 6.02. The average molecular weight is 279 g/mol. The van der Waals surface area contributed by atoms with Crippen LogP contribution < -0.4 is 11.1 Å². The topological polar surface area (TPSA) is 55.1 Å². The summed E-state index contributed by atoms with van der Waals surface area (Å²) in [5.41, 5.74) is 6.71. The van der Waals surface area contributed by atoms with Crippen molar-refractivity contribution in [2.45, 2.75) is 6.04 Å². The zero-order valence-corrected chi connectivity index (χ0v) is 10.7. The fourth-order valence-corrected chi connectivity index (χ4v) is 1.78. The molecule has 3 N–H and O–H groups in total. The van der Waals surface area contributed by atoms with Gasteiger partial charge in [0.05, 0.1) is 10.7 Å². The van der Waals surface area contributed by atoms with E-state index in [1.807, 2.05) is 6.07 Å². The summed E-state index contributed by atoms with van der Waals surface area (Å²) in [7, 11) is 0. The molecule has 0 aliphatic rings. The lowest BCUT2D eigenvalue weighted by Gasteiger charge is -2.13. The quantitative estimate of drug-likeness (QED) is 0.906. The standard InChI is InChI=1S/C14H12ClFN2O/c15-11-7-6-10(16)8-12(11)18-14(19)13(17)9-4-2-1-3-5-9/h1-8,13H,17H2,(H,18,19)/t13-/m0/s1. The molecule has 0 heterocycles. The van der Waals surface area contributed by atoms with Crippen molar-refractivity contribution in [1.29, 1.82) is 0 Å². The van der Waals surface area contributed by atoms with Gasteiger partial charge in [-0.05, 0) is 23.8 Å². The lowest BCUT2D eigenvalue weighted by molar-refractivity contribution is -0.117. The van der Waals surface area contributed by atoms with E-state index in [4.69, 9.17) is 17.3 Å². The lowest BCUT2D eigenvalue weighted by atomic mass is 10.1. The van der Waals surface area contributed by atoms with Gasteiger partial charge in [-0.2, -0.15) is 0 Å². The Morgan fingerprint density at radius 3 is 2.58 bits per heavy atom. The van der Waals surface area contributed by atoms with Crippen LogP contribution in [-0.2, 0) is 4.79 Å². The van der Waals surface area contributed by atoms with E-state index in [0.29, 0.717) is 5.56 Å². The van der Waals surface area contributed by atoms with E-state index in [1.165, 1.54) is 12.1 Å². The molecule has 98 valence electrons. The molecule has 19 heavy (non-hydrogen) atoms. The molecule has 3 nitrogen and oxygen atoms in total. The van der Waals surface area contributed by atoms with Crippen LogP contribution in [0, 0.1) is 5.82 Å². The summed E-state index contributed by atoms with van der Waals surface area (Å²) in [6.45, 7) is 0. The molecule has 0 aliphatic heterocycles. The third-order valence-electron chi connectivity index (χ3n) is 2.63. The summed E-state index contributed by atoms with van der Waals surface area (Å²) in [5, 5.41) is 2.77. The Bertz CT molecular complexity index is 589. The van der Waals surface area contributed by atoms with Crippen LogP contribution in [0.4, 0.5) is 10.1 Å². The van der Waals surface area contributed by atoms with Gasteiger partial charge < -0.3 is 11.1 Å². The maximum absolute atomic E-state index is 13.1. The van der Waals surface area contributed by atoms with E-state index in [1.54, 1.807) is 24.3 Å². The number of amides is 1. The molecule has 0 fully saturated rings. The zero-order chi connectivity index (χ0) is 13.8. The van der Waals surface area contributed by atoms with Gasteiger partial charge in [-0.15, -0.1) is 0 Å². The van der Waals surface area contributed by atoms with E-state index < -0.39 is 17.8 Å². The number of carbonyl (C=O) groups is 1. The predicted octanol–water partition coefficient (Wildman–Crippen LogP) is 3.12.